The molecule has 0 aliphatic heterocycles. The highest BCUT2D eigenvalue weighted by molar-refractivity contribution is 5.40. The number of aromatic hydroxyl groups is 2. The van der Waals surface area contributed by atoms with Crippen molar-refractivity contribution in [2.45, 2.75) is 24.8 Å². The fourth-order valence-corrected chi connectivity index (χ4v) is 1.74. The van der Waals surface area contributed by atoms with Gasteiger partial charge in [-0.25, -0.2) is 0 Å². The van der Waals surface area contributed by atoms with Crippen LogP contribution in [0.15, 0.2) is 18.2 Å². The fourth-order valence-electron chi connectivity index (χ4n) is 1.74. The van der Waals surface area contributed by atoms with E-state index in [9.17, 15) is 10.2 Å². The van der Waals surface area contributed by atoms with Crippen molar-refractivity contribution in [2.75, 3.05) is 7.05 Å². The minimum atomic E-state index is 0.158. The Morgan fingerprint density at radius 2 is 2.07 bits per heavy atom. The molecule has 2 rings (SSSR count). The summed E-state index contributed by atoms with van der Waals surface area (Å²) in [5.74, 6) is 0.481. The van der Waals surface area contributed by atoms with Crippen molar-refractivity contribution < 1.29 is 10.2 Å². The van der Waals surface area contributed by atoms with Gasteiger partial charge in [0.2, 0.25) is 0 Å². The number of phenolic OH excluding ortho intramolecular Hbond substituents is 2. The number of hydrogen-bond donors (Lipinski definition) is 3. The van der Waals surface area contributed by atoms with Crippen LogP contribution in [0.3, 0.4) is 0 Å². The Bertz CT molecular complexity index is 345. The molecule has 3 nitrogen and oxygen atoms in total. The largest absolute Gasteiger partial charge is 0.508 e. The molecular formula is C11H15NO2. The normalized spacial score (nSPS) is 18.1. The van der Waals surface area contributed by atoms with Gasteiger partial charge in [0.25, 0.3) is 0 Å². The Kier molecular flexibility index (Phi) is 2.11. The van der Waals surface area contributed by atoms with E-state index in [4.69, 9.17) is 0 Å². The molecule has 3 N–H and O–H groups in total. The van der Waals surface area contributed by atoms with Crippen molar-refractivity contribution in [3.8, 4) is 11.5 Å². The summed E-state index contributed by atoms with van der Waals surface area (Å²) in [5.41, 5.74) is 0.975. The van der Waals surface area contributed by atoms with E-state index < -0.39 is 0 Å². The summed E-state index contributed by atoms with van der Waals surface area (Å²) in [5, 5.41) is 22.1. The lowest BCUT2D eigenvalue weighted by Gasteiger charge is -2.14. The van der Waals surface area contributed by atoms with Gasteiger partial charge in [0.1, 0.15) is 11.5 Å². The van der Waals surface area contributed by atoms with E-state index in [1.165, 1.54) is 12.1 Å². The van der Waals surface area contributed by atoms with Crippen molar-refractivity contribution in [1.82, 2.24) is 5.32 Å². The number of nitrogens with one attached hydrogen (secondary N) is 1. The van der Waals surface area contributed by atoms with Gasteiger partial charge >= 0.3 is 0 Å². The Balaban J connectivity index is 2.20. The molecule has 1 aromatic carbocycles. The minimum Gasteiger partial charge on any atom is -0.508 e. The topological polar surface area (TPSA) is 52.5 Å². The van der Waals surface area contributed by atoms with Crippen molar-refractivity contribution in [2.24, 2.45) is 0 Å². The van der Waals surface area contributed by atoms with Gasteiger partial charge in [-0.2, -0.15) is 0 Å². The van der Waals surface area contributed by atoms with Gasteiger partial charge in [-0.05, 0) is 50.1 Å². The summed E-state index contributed by atoms with van der Waals surface area (Å²) in [7, 11) is 1.94. The second kappa shape index (κ2) is 3.17. The van der Waals surface area contributed by atoms with Crippen LogP contribution in [0.5, 0.6) is 11.5 Å². The van der Waals surface area contributed by atoms with Crippen LogP contribution in [0, 0.1) is 0 Å². The number of rotatable bonds is 3. The van der Waals surface area contributed by atoms with Gasteiger partial charge in [0, 0.05) is 5.54 Å². The fraction of sp³-hybridized carbons (Fsp3) is 0.455. The number of likely N-dealkylation sites (N-methyl/N-ethyl adjacent to an activating group) is 1. The van der Waals surface area contributed by atoms with E-state index in [1.54, 1.807) is 6.07 Å². The minimum absolute atomic E-state index is 0.158. The molecule has 1 aliphatic rings. The average molecular weight is 193 g/mol. The Hall–Kier alpha value is -1.22. The number of phenols is 2. The highest BCUT2D eigenvalue weighted by Crippen LogP contribution is 2.40. The highest BCUT2D eigenvalue weighted by atomic mass is 16.3. The molecule has 0 unspecified atom stereocenters. The molecule has 0 heterocycles. The summed E-state index contributed by atoms with van der Waals surface area (Å²) >= 11 is 0. The van der Waals surface area contributed by atoms with E-state index in [2.05, 4.69) is 5.32 Å². The van der Waals surface area contributed by atoms with Crippen LogP contribution in [0.1, 0.15) is 18.4 Å². The summed E-state index contributed by atoms with van der Waals surface area (Å²) in [6.45, 7) is 0. The maximum Gasteiger partial charge on any atom is 0.119 e. The first kappa shape index (κ1) is 9.34. The predicted molar refractivity (Wildman–Crippen MR) is 54.5 cm³/mol. The molecule has 14 heavy (non-hydrogen) atoms. The summed E-state index contributed by atoms with van der Waals surface area (Å²) in [6, 6.07) is 4.67. The first-order chi connectivity index (χ1) is 6.65. The standard InChI is InChI=1S/C11H15NO2/c1-12-11(4-5-11)7-8-6-9(13)2-3-10(8)14/h2-3,6,12-14H,4-5,7H2,1H3. The molecule has 1 saturated carbocycles. The SMILES string of the molecule is CNC1(Cc2cc(O)ccc2O)CC1. The summed E-state index contributed by atoms with van der Waals surface area (Å²) in [6.07, 6.45) is 3.06. The van der Waals surface area contributed by atoms with E-state index in [0.29, 0.717) is 0 Å². The maximum atomic E-state index is 9.58. The van der Waals surface area contributed by atoms with Gasteiger partial charge in [-0.15, -0.1) is 0 Å². The van der Waals surface area contributed by atoms with E-state index in [0.717, 1.165) is 24.8 Å². The molecule has 3 heteroatoms. The zero-order valence-electron chi connectivity index (χ0n) is 8.25. The third-order valence-corrected chi connectivity index (χ3v) is 2.98. The van der Waals surface area contributed by atoms with Crippen molar-refractivity contribution in [3.63, 3.8) is 0 Å². The zero-order valence-corrected chi connectivity index (χ0v) is 8.25. The predicted octanol–water partition coefficient (Wildman–Crippen LogP) is 1.39. The average Bonchev–Trinajstić information content (AvgIpc) is 2.92. The number of benzene rings is 1. The summed E-state index contributed by atoms with van der Waals surface area (Å²) in [4.78, 5) is 0. The van der Waals surface area contributed by atoms with Crippen molar-refractivity contribution >= 4 is 0 Å². The molecule has 1 aliphatic carbocycles. The Morgan fingerprint density at radius 1 is 1.36 bits per heavy atom. The van der Waals surface area contributed by atoms with Gasteiger partial charge in [-0.1, -0.05) is 0 Å². The molecule has 76 valence electrons. The van der Waals surface area contributed by atoms with Crippen LogP contribution >= 0.6 is 0 Å². The van der Waals surface area contributed by atoms with Crippen molar-refractivity contribution in [1.29, 1.82) is 0 Å². The molecule has 0 bridgehead atoms. The second-order valence-electron chi connectivity index (χ2n) is 4.02. The molecule has 1 fully saturated rings. The molecule has 0 spiro atoms. The Labute approximate surface area is 83.4 Å². The molecule has 0 saturated heterocycles. The van der Waals surface area contributed by atoms with Gasteiger partial charge in [0.15, 0.2) is 0 Å². The van der Waals surface area contributed by atoms with Crippen molar-refractivity contribution in [3.05, 3.63) is 23.8 Å². The van der Waals surface area contributed by atoms with E-state index >= 15 is 0 Å². The van der Waals surface area contributed by atoms with Gasteiger partial charge in [0.05, 0.1) is 0 Å². The van der Waals surface area contributed by atoms with Crippen LogP contribution < -0.4 is 5.32 Å². The third kappa shape index (κ3) is 1.68. The Morgan fingerprint density at radius 3 is 2.64 bits per heavy atom. The highest BCUT2D eigenvalue weighted by Gasteiger charge is 2.41. The molecule has 1 aromatic rings. The first-order valence-corrected chi connectivity index (χ1v) is 4.85. The van der Waals surface area contributed by atoms with Gasteiger partial charge < -0.3 is 15.5 Å². The monoisotopic (exact) mass is 193 g/mol. The summed E-state index contributed by atoms with van der Waals surface area (Å²) < 4.78 is 0. The molecule has 0 amide bonds. The smallest absolute Gasteiger partial charge is 0.119 e. The first-order valence-electron chi connectivity index (χ1n) is 4.85. The quantitative estimate of drug-likeness (QED) is 0.636. The second-order valence-corrected chi connectivity index (χ2v) is 4.02. The molecule has 0 radical (unpaired) electrons. The maximum absolute atomic E-state index is 9.58. The third-order valence-electron chi connectivity index (χ3n) is 2.98. The van der Waals surface area contributed by atoms with Crippen LogP contribution in [-0.4, -0.2) is 22.8 Å². The molecule has 0 aromatic heterocycles. The van der Waals surface area contributed by atoms with E-state index in [-0.39, 0.29) is 17.0 Å². The lowest BCUT2D eigenvalue weighted by molar-refractivity contribution is 0.445. The van der Waals surface area contributed by atoms with Crippen LogP contribution in [0.4, 0.5) is 0 Å². The lowest BCUT2D eigenvalue weighted by Crippen LogP contribution is -2.29. The van der Waals surface area contributed by atoms with Crippen LogP contribution in [0.2, 0.25) is 0 Å². The zero-order chi connectivity index (χ0) is 10.2. The molecule has 0 atom stereocenters. The lowest BCUT2D eigenvalue weighted by atomic mass is 10.0. The van der Waals surface area contributed by atoms with Crippen LogP contribution in [0.25, 0.3) is 0 Å². The van der Waals surface area contributed by atoms with Crippen LogP contribution in [-0.2, 0) is 6.42 Å². The van der Waals surface area contributed by atoms with E-state index in [1.807, 2.05) is 7.05 Å². The molecular weight excluding hydrogens is 178 g/mol. The van der Waals surface area contributed by atoms with Gasteiger partial charge in [-0.3, -0.25) is 0 Å². The number of hydrogen-bond acceptors (Lipinski definition) is 3.